The standard InChI is InChI=1S/C22H22N2O3S/c1-15-7-9-18(10-8-15)27-20-6-4-3-5-17(20)13-24-22(26)21-12-11-19(28-21)14-23-16(2)25/h3-12H,13-14H2,1-2H3,(H,23,25)(H,24,26). The molecule has 0 saturated heterocycles. The van der Waals surface area contributed by atoms with Crippen LogP contribution in [-0.4, -0.2) is 11.8 Å². The second-order valence-electron chi connectivity index (χ2n) is 6.38. The number of hydrogen-bond acceptors (Lipinski definition) is 4. The van der Waals surface area contributed by atoms with Gasteiger partial charge in [-0.15, -0.1) is 11.3 Å². The third-order valence-corrected chi connectivity index (χ3v) is 5.14. The first-order valence-electron chi connectivity index (χ1n) is 8.95. The third kappa shape index (κ3) is 5.44. The van der Waals surface area contributed by atoms with E-state index in [9.17, 15) is 9.59 Å². The van der Waals surface area contributed by atoms with Gasteiger partial charge in [-0.25, -0.2) is 0 Å². The van der Waals surface area contributed by atoms with E-state index in [1.165, 1.54) is 23.8 Å². The number of rotatable bonds is 7. The molecule has 2 aromatic carbocycles. The van der Waals surface area contributed by atoms with Crippen LogP contribution in [0.4, 0.5) is 0 Å². The third-order valence-electron chi connectivity index (χ3n) is 4.06. The van der Waals surface area contributed by atoms with Gasteiger partial charge in [-0.1, -0.05) is 35.9 Å². The molecule has 2 amide bonds. The maximum Gasteiger partial charge on any atom is 0.261 e. The highest BCUT2D eigenvalue weighted by atomic mass is 32.1. The fourth-order valence-corrected chi connectivity index (χ4v) is 3.42. The van der Waals surface area contributed by atoms with Gasteiger partial charge in [0.25, 0.3) is 5.91 Å². The van der Waals surface area contributed by atoms with E-state index in [4.69, 9.17) is 4.74 Å². The highest BCUT2D eigenvalue weighted by molar-refractivity contribution is 7.14. The lowest BCUT2D eigenvalue weighted by atomic mass is 10.2. The van der Waals surface area contributed by atoms with Crippen LogP contribution in [0.2, 0.25) is 0 Å². The molecule has 6 heteroatoms. The van der Waals surface area contributed by atoms with Gasteiger partial charge in [-0.2, -0.15) is 0 Å². The quantitative estimate of drug-likeness (QED) is 0.624. The molecule has 0 aliphatic heterocycles. The molecule has 0 aliphatic carbocycles. The van der Waals surface area contributed by atoms with Crippen molar-refractivity contribution in [2.45, 2.75) is 26.9 Å². The molecule has 0 bridgehead atoms. The molecule has 0 spiro atoms. The predicted molar refractivity (Wildman–Crippen MR) is 111 cm³/mol. The van der Waals surface area contributed by atoms with Gasteiger partial charge < -0.3 is 15.4 Å². The van der Waals surface area contributed by atoms with E-state index in [2.05, 4.69) is 10.6 Å². The number of carbonyl (C=O) groups excluding carboxylic acids is 2. The molecule has 1 aromatic heterocycles. The number of nitrogens with one attached hydrogen (secondary N) is 2. The maximum absolute atomic E-state index is 12.4. The molecule has 1 heterocycles. The lowest BCUT2D eigenvalue weighted by Crippen LogP contribution is -2.22. The predicted octanol–water partition coefficient (Wildman–Crippen LogP) is 4.41. The molecule has 5 nitrogen and oxygen atoms in total. The van der Waals surface area contributed by atoms with Crippen LogP contribution >= 0.6 is 11.3 Å². The summed E-state index contributed by atoms with van der Waals surface area (Å²) in [5, 5.41) is 5.66. The molecule has 0 atom stereocenters. The highest BCUT2D eigenvalue weighted by Crippen LogP contribution is 2.25. The summed E-state index contributed by atoms with van der Waals surface area (Å²) in [6, 6.07) is 19.1. The van der Waals surface area contributed by atoms with Crippen molar-refractivity contribution in [3.05, 3.63) is 81.5 Å². The molecule has 28 heavy (non-hydrogen) atoms. The smallest absolute Gasteiger partial charge is 0.261 e. The number of hydrogen-bond donors (Lipinski definition) is 2. The Bertz CT molecular complexity index is 964. The molecule has 0 saturated carbocycles. The fraction of sp³-hybridized carbons (Fsp3) is 0.182. The van der Waals surface area contributed by atoms with Gasteiger partial charge in [-0.05, 0) is 37.3 Å². The molecule has 0 fully saturated rings. The second kappa shape index (κ2) is 9.19. The lowest BCUT2D eigenvalue weighted by Gasteiger charge is -2.12. The van der Waals surface area contributed by atoms with Gasteiger partial charge >= 0.3 is 0 Å². The van der Waals surface area contributed by atoms with Gasteiger partial charge in [0, 0.05) is 23.9 Å². The summed E-state index contributed by atoms with van der Waals surface area (Å²) in [6.45, 7) is 4.29. The van der Waals surface area contributed by atoms with E-state index in [1.807, 2.05) is 61.5 Å². The summed E-state index contributed by atoms with van der Waals surface area (Å²) in [7, 11) is 0. The minimum Gasteiger partial charge on any atom is -0.457 e. The van der Waals surface area contributed by atoms with E-state index in [-0.39, 0.29) is 11.8 Å². The highest BCUT2D eigenvalue weighted by Gasteiger charge is 2.11. The second-order valence-corrected chi connectivity index (χ2v) is 7.55. The SMILES string of the molecule is CC(=O)NCc1ccc(C(=O)NCc2ccccc2Oc2ccc(C)cc2)s1. The van der Waals surface area contributed by atoms with Crippen molar-refractivity contribution in [2.75, 3.05) is 0 Å². The van der Waals surface area contributed by atoms with E-state index in [0.29, 0.717) is 23.7 Å². The number of para-hydroxylation sites is 1. The zero-order valence-corrected chi connectivity index (χ0v) is 16.6. The van der Waals surface area contributed by atoms with Crippen molar-refractivity contribution in [2.24, 2.45) is 0 Å². The van der Waals surface area contributed by atoms with Crippen LogP contribution in [0.15, 0.2) is 60.7 Å². The van der Waals surface area contributed by atoms with Crippen LogP contribution in [-0.2, 0) is 17.9 Å². The van der Waals surface area contributed by atoms with Crippen molar-refractivity contribution < 1.29 is 14.3 Å². The Morgan fingerprint density at radius 2 is 1.68 bits per heavy atom. The van der Waals surface area contributed by atoms with Crippen LogP contribution < -0.4 is 15.4 Å². The molecule has 0 unspecified atom stereocenters. The van der Waals surface area contributed by atoms with Crippen LogP contribution in [0, 0.1) is 6.92 Å². The zero-order chi connectivity index (χ0) is 19.9. The lowest BCUT2D eigenvalue weighted by molar-refractivity contribution is -0.119. The van der Waals surface area contributed by atoms with Gasteiger partial charge in [0.05, 0.1) is 11.4 Å². The monoisotopic (exact) mass is 394 g/mol. The Morgan fingerprint density at radius 3 is 2.43 bits per heavy atom. The normalized spacial score (nSPS) is 10.4. The van der Waals surface area contributed by atoms with Crippen LogP contribution in [0.3, 0.4) is 0 Å². The van der Waals surface area contributed by atoms with Crippen molar-refractivity contribution in [3.63, 3.8) is 0 Å². The number of amides is 2. The molecular formula is C22H22N2O3S. The molecular weight excluding hydrogens is 372 g/mol. The molecule has 3 rings (SSSR count). The Kier molecular flexibility index (Phi) is 6.45. The average Bonchev–Trinajstić information content (AvgIpc) is 3.16. The van der Waals surface area contributed by atoms with E-state index in [0.717, 1.165) is 16.2 Å². The number of benzene rings is 2. The average molecular weight is 394 g/mol. The molecule has 0 aliphatic rings. The minimum absolute atomic E-state index is 0.0930. The summed E-state index contributed by atoms with van der Waals surface area (Å²) >= 11 is 1.37. The Morgan fingerprint density at radius 1 is 0.929 bits per heavy atom. The summed E-state index contributed by atoms with van der Waals surface area (Å²) in [6.07, 6.45) is 0. The Labute approximate surface area is 168 Å². The molecule has 0 radical (unpaired) electrons. The summed E-state index contributed by atoms with van der Waals surface area (Å²) in [4.78, 5) is 25.0. The van der Waals surface area contributed by atoms with Crippen molar-refractivity contribution in [1.29, 1.82) is 0 Å². The van der Waals surface area contributed by atoms with E-state index < -0.39 is 0 Å². The molecule has 144 valence electrons. The number of thiophene rings is 1. The van der Waals surface area contributed by atoms with Gasteiger partial charge in [-0.3, -0.25) is 9.59 Å². The largest absolute Gasteiger partial charge is 0.457 e. The van der Waals surface area contributed by atoms with Crippen molar-refractivity contribution >= 4 is 23.2 Å². The summed E-state index contributed by atoms with van der Waals surface area (Å²) in [5.74, 6) is 1.23. The zero-order valence-electron chi connectivity index (χ0n) is 15.8. The number of ether oxygens (including phenoxy) is 1. The summed E-state index contributed by atoms with van der Waals surface area (Å²) in [5.41, 5.74) is 2.06. The van der Waals surface area contributed by atoms with Crippen LogP contribution in [0.25, 0.3) is 0 Å². The first-order chi connectivity index (χ1) is 13.5. The van der Waals surface area contributed by atoms with Crippen LogP contribution in [0.1, 0.15) is 32.6 Å². The van der Waals surface area contributed by atoms with Gasteiger partial charge in [0.1, 0.15) is 11.5 Å². The number of aryl methyl sites for hydroxylation is 1. The number of carbonyl (C=O) groups is 2. The molecule has 3 aromatic rings. The maximum atomic E-state index is 12.4. The minimum atomic E-state index is -0.149. The fourth-order valence-electron chi connectivity index (χ4n) is 2.55. The first-order valence-corrected chi connectivity index (χ1v) is 9.76. The van der Waals surface area contributed by atoms with E-state index >= 15 is 0 Å². The van der Waals surface area contributed by atoms with Gasteiger partial charge in [0.2, 0.25) is 5.91 Å². The van der Waals surface area contributed by atoms with Crippen LogP contribution in [0.5, 0.6) is 11.5 Å². The molecule has 2 N–H and O–H groups in total. The van der Waals surface area contributed by atoms with Gasteiger partial charge in [0.15, 0.2) is 0 Å². The van der Waals surface area contributed by atoms with Crippen molar-refractivity contribution in [1.82, 2.24) is 10.6 Å². The summed E-state index contributed by atoms with van der Waals surface area (Å²) < 4.78 is 5.97. The first kappa shape index (κ1) is 19.6. The Balaban J connectivity index is 1.62. The topological polar surface area (TPSA) is 67.4 Å². The van der Waals surface area contributed by atoms with Crippen molar-refractivity contribution in [3.8, 4) is 11.5 Å². The Hall–Kier alpha value is -3.12. The van der Waals surface area contributed by atoms with E-state index in [1.54, 1.807) is 6.07 Å².